The van der Waals surface area contributed by atoms with Crippen LogP contribution in [0.4, 0.5) is 11.5 Å². The predicted octanol–water partition coefficient (Wildman–Crippen LogP) is 4.75. The van der Waals surface area contributed by atoms with E-state index in [1.165, 1.54) is 0 Å². The average Bonchev–Trinajstić information content (AvgIpc) is 3.27. The number of fused-ring (bicyclic) bond motifs is 1. The van der Waals surface area contributed by atoms with Gasteiger partial charge in [-0.2, -0.15) is 5.10 Å². The second kappa shape index (κ2) is 7.77. The van der Waals surface area contributed by atoms with Gasteiger partial charge in [0.15, 0.2) is 5.82 Å². The lowest BCUT2D eigenvalue weighted by molar-refractivity contribution is 0.905. The van der Waals surface area contributed by atoms with Crippen molar-refractivity contribution in [3.05, 3.63) is 88.7 Å². The van der Waals surface area contributed by atoms with E-state index < -0.39 is 0 Å². The summed E-state index contributed by atoms with van der Waals surface area (Å²) < 4.78 is 1.69. The van der Waals surface area contributed by atoms with Gasteiger partial charge in [0.2, 0.25) is 0 Å². The smallest absolute Gasteiger partial charge is 0.258 e. The number of aromatic nitrogens is 5. The highest BCUT2D eigenvalue weighted by molar-refractivity contribution is 5.85. The summed E-state index contributed by atoms with van der Waals surface area (Å²) in [6.07, 6.45) is 5.31. The molecule has 0 saturated heterocycles. The number of rotatable bonds is 4. The number of anilines is 2. The zero-order valence-corrected chi connectivity index (χ0v) is 18.0. The minimum absolute atomic E-state index is 0.0388. The van der Waals surface area contributed by atoms with E-state index in [1.54, 1.807) is 24.0 Å². The Labute approximate surface area is 184 Å². The number of pyridine rings is 3. The molecule has 0 atom stereocenters. The molecule has 0 radical (unpaired) electrons. The normalized spacial score (nSPS) is 11.1. The van der Waals surface area contributed by atoms with Gasteiger partial charge in [-0.3, -0.25) is 19.9 Å². The number of hydrogen-bond donors (Lipinski definition) is 2. The van der Waals surface area contributed by atoms with E-state index in [1.807, 2.05) is 68.6 Å². The monoisotopic (exact) mass is 422 g/mol. The van der Waals surface area contributed by atoms with Gasteiger partial charge in [0.1, 0.15) is 0 Å². The van der Waals surface area contributed by atoms with Crippen molar-refractivity contribution in [2.75, 3.05) is 5.32 Å². The van der Waals surface area contributed by atoms with Crippen LogP contribution >= 0.6 is 0 Å². The Morgan fingerprint density at radius 2 is 1.78 bits per heavy atom. The lowest BCUT2D eigenvalue weighted by Crippen LogP contribution is -2.19. The maximum Gasteiger partial charge on any atom is 0.258 e. The van der Waals surface area contributed by atoms with Gasteiger partial charge in [-0.1, -0.05) is 6.07 Å². The van der Waals surface area contributed by atoms with Crippen molar-refractivity contribution >= 4 is 22.4 Å². The highest BCUT2D eigenvalue weighted by atomic mass is 16.1. The standard InChI is InChI=1S/C25H22N6O/c1-15-4-5-19(28-24-13-22(29-30-24)17-6-8-26-9-7-17)12-20(15)21-11-18-14-27-16(2)10-23(18)31(3)25(21)32/h4-14H,1-3H3,(H2,28,29,30). The van der Waals surface area contributed by atoms with Gasteiger partial charge in [0, 0.05) is 59.6 Å². The van der Waals surface area contributed by atoms with Crippen LogP contribution in [-0.4, -0.2) is 24.7 Å². The van der Waals surface area contributed by atoms with Crippen molar-refractivity contribution in [2.24, 2.45) is 7.05 Å². The van der Waals surface area contributed by atoms with Crippen LogP contribution in [-0.2, 0) is 7.05 Å². The van der Waals surface area contributed by atoms with Gasteiger partial charge >= 0.3 is 0 Å². The number of nitrogens with one attached hydrogen (secondary N) is 2. The Morgan fingerprint density at radius 1 is 0.969 bits per heavy atom. The molecular formula is C25H22N6O. The molecule has 158 valence electrons. The zero-order valence-electron chi connectivity index (χ0n) is 18.0. The first-order valence-electron chi connectivity index (χ1n) is 10.3. The molecule has 32 heavy (non-hydrogen) atoms. The van der Waals surface area contributed by atoms with Crippen LogP contribution in [0.5, 0.6) is 0 Å². The molecule has 0 aliphatic carbocycles. The molecule has 7 heteroatoms. The number of aromatic amines is 1. The molecule has 0 spiro atoms. The third kappa shape index (κ3) is 3.54. The average molecular weight is 422 g/mol. The van der Waals surface area contributed by atoms with Crippen LogP contribution in [0, 0.1) is 13.8 Å². The minimum Gasteiger partial charge on any atom is -0.339 e. The van der Waals surface area contributed by atoms with Crippen LogP contribution < -0.4 is 10.9 Å². The van der Waals surface area contributed by atoms with Gasteiger partial charge in [0.05, 0.1) is 11.2 Å². The number of nitrogens with zero attached hydrogens (tertiary/aromatic N) is 4. The van der Waals surface area contributed by atoms with E-state index in [4.69, 9.17) is 0 Å². The van der Waals surface area contributed by atoms with Crippen molar-refractivity contribution < 1.29 is 0 Å². The van der Waals surface area contributed by atoms with E-state index in [9.17, 15) is 4.79 Å². The molecule has 0 saturated carbocycles. The molecule has 0 amide bonds. The number of H-pyrrole nitrogens is 1. The third-order valence-corrected chi connectivity index (χ3v) is 5.61. The molecule has 7 nitrogen and oxygen atoms in total. The van der Waals surface area contributed by atoms with Crippen LogP contribution in [0.15, 0.2) is 71.9 Å². The number of aryl methyl sites for hydroxylation is 3. The summed E-state index contributed by atoms with van der Waals surface area (Å²) in [5, 5.41) is 11.7. The largest absolute Gasteiger partial charge is 0.339 e. The lowest BCUT2D eigenvalue weighted by atomic mass is 9.99. The topological polar surface area (TPSA) is 88.5 Å². The summed E-state index contributed by atoms with van der Waals surface area (Å²) in [6.45, 7) is 3.93. The third-order valence-electron chi connectivity index (χ3n) is 5.61. The summed E-state index contributed by atoms with van der Waals surface area (Å²) in [7, 11) is 1.80. The Hall–Kier alpha value is -4.26. The first-order valence-corrected chi connectivity index (χ1v) is 10.3. The Balaban J connectivity index is 1.53. The molecular weight excluding hydrogens is 400 g/mol. The summed E-state index contributed by atoms with van der Waals surface area (Å²) in [5.41, 5.74) is 7.01. The second-order valence-electron chi connectivity index (χ2n) is 7.86. The summed E-state index contributed by atoms with van der Waals surface area (Å²) in [5.74, 6) is 0.692. The summed E-state index contributed by atoms with van der Waals surface area (Å²) in [6, 6.07) is 15.6. The van der Waals surface area contributed by atoms with Crippen molar-refractivity contribution in [3.63, 3.8) is 0 Å². The first kappa shape index (κ1) is 19.7. The summed E-state index contributed by atoms with van der Waals surface area (Å²) in [4.78, 5) is 21.6. The van der Waals surface area contributed by atoms with Gasteiger partial charge in [-0.15, -0.1) is 0 Å². The molecule has 0 aliphatic heterocycles. The number of hydrogen-bond acceptors (Lipinski definition) is 5. The molecule has 2 N–H and O–H groups in total. The predicted molar refractivity (Wildman–Crippen MR) is 127 cm³/mol. The van der Waals surface area contributed by atoms with Crippen molar-refractivity contribution in [2.45, 2.75) is 13.8 Å². The second-order valence-corrected chi connectivity index (χ2v) is 7.86. The fraction of sp³-hybridized carbons (Fsp3) is 0.120. The minimum atomic E-state index is -0.0388. The van der Waals surface area contributed by atoms with Crippen LogP contribution in [0.25, 0.3) is 33.3 Å². The van der Waals surface area contributed by atoms with Crippen molar-refractivity contribution in [3.8, 4) is 22.4 Å². The quantitative estimate of drug-likeness (QED) is 0.436. The maximum absolute atomic E-state index is 13.2. The molecule has 4 heterocycles. The Morgan fingerprint density at radius 3 is 2.59 bits per heavy atom. The van der Waals surface area contributed by atoms with Crippen molar-refractivity contribution in [1.82, 2.24) is 24.7 Å². The van der Waals surface area contributed by atoms with Crippen LogP contribution in [0.1, 0.15) is 11.3 Å². The maximum atomic E-state index is 13.2. The highest BCUT2D eigenvalue weighted by Crippen LogP contribution is 2.28. The van der Waals surface area contributed by atoms with E-state index in [0.717, 1.165) is 44.7 Å². The van der Waals surface area contributed by atoms with Gasteiger partial charge in [-0.25, -0.2) is 0 Å². The molecule has 0 unspecified atom stereocenters. The molecule has 0 fully saturated rings. The van der Waals surface area contributed by atoms with E-state index in [0.29, 0.717) is 11.4 Å². The van der Waals surface area contributed by atoms with E-state index >= 15 is 0 Å². The van der Waals surface area contributed by atoms with Crippen molar-refractivity contribution in [1.29, 1.82) is 0 Å². The van der Waals surface area contributed by atoms with Crippen LogP contribution in [0.2, 0.25) is 0 Å². The van der Waals surface area contributed by atoms with Gasteiger partial charge in [0.25, 0.3) is 5.56 Å². The first-order chi connectivity index (χ1) is 15.5. The van der Waals surface area contributed by atoms with Crippen LogP contribution in [0.3, 0.4) is 0 Å². The fourth-order valence-corrected chi connectivity index (χ4v) is 3.86. The SMILES string of the molecule is Cc1cc2c(cn1)cc(-c1cc(Nc3cc(-c4ccncc4)[nH]n3)ccc1C)c(=O)n2C. The molecule has 0 aliphatic rings. The summed E-state index contributed by atoms with van der Waals surface area (Å²) >= 11 is 0. The Kier molecular flexibility index (Phi) is 4.78. The highest BCUT2D eigenvalue weighted by Gasteiger charge is 2.13. The zero-order chi connectivity index (χ0) is 22.2. The van der Waals surface area contributed by atoms with E-state index in [2.05, 4.69) is 25.5 Å². The molecule has 0 bridgehead atoms. The van der Waals surface area contributed by atoms with Gasteiger partial charge < -0.3 is 9.88 Å². The number of benzene rings is 1. The lowest BCUT2D eigenvalue weighted by Gasteiger charge is -2.13. The fourth-order valence-electron chi connectivity index (χ4n) is 3.86. The molecule has 4 aromatic heterocycles. The molecule has 5 rings (SSSR count). The van der Waals surface area contributed by atoms with Gasteiger partial charge in [-0.05, 0) is 61.4 Å². The Bertz CT molecular complexity index is 1500. The molecule has 1 aromatic carbocycles. The van der Waals surface area contributed by atoms with E-state index in [-0.39, 0.29) is 5.56 Å². The molecule has 5 aromatic rings.